The van der Waals surface area contributed by atoms with E-state index in [2.05, 4.69) is 18.9 Å². The van der Waals surface area contributed by atoms with Crippen LogP contribution in [0, 0.1) is 6.92 Å². The molecule has 1 heterocycles. The summed E-state index contributed by atoms with van der Waals surface area (Å²) in [6.07, 6.45) is 1.31. The third-order valence-corrected chi connectivity index (χ3v) is 2.25. The van der Waals surface area contributed by atoms with Gasteiger partial charge in [0.05, 0.1) is 0 Å². The Bertz CT molecular complexity index is 151. The second kappa shape index (κ2) is 4.45. The largest absolute Gasteiger partial charge is 0.340 e. The van der Waals surface area contributed by atoms with E-state index in [0.29, 0.717) is 12.8 Å². The van der Waals surface area contributed by atoms with Gasteiger partial charge in [0, 0.05) is 32.6 Å². The molecule has 0 aromatic rings. The molecule has 12 heavy (non-hydrogen) atoms. The van der Waals surface area contributed by atoms with Gasteiger partial charge in [-0.3, -0.25) is 4.79 Å². The summed E-state index contributed by atoms with van der Waals surface area (Å²) in [5.41, 5.74) is 0. The maximum atomic E-state index is 11.4. The van der Waals surface area contributed by atoms with E-state index in [1.54, 1.807) is 0 Å². The summed E-state index contributed by atoms with van der Waals surface area (Å²) < 4.78 is 0. The Balaban J connectivity index is 2.29. The Morgan fingerprint density at radius 3 is 2.42 bits per heavy atom. The molecule has 1 aliphatic rings. The monoisotopic (exact) mass is 169 g/mol. The predicted molar refractivity (Wildman–Crippen MR) is 48.7 cm³/mol. The lowest BCUT2D eigenvalue weighted by Crippen LogP contribution is -2.47. The van der Waals surface area contributed by atoms with Crippen LogP contribution >= 0.6 is 0 Å². The summed E-state index contributed by atoms with van der Waals surface area (Å²) in [5, 5.41) is 0. The number of rotatable bonds is 2. The Kier molecular flexibility index (Phi) is 3.53. The van der Waals surface area contributed by atoms with Crippen molar-refractivity contribution < 1.29 is 4.79 Å². The van der Waals surface area contributed by atoms with Gasteiger partial charge in [-0.1, -0.05) is 6.92 Å². The lowest BCUT2D eigenvalue weighted by molar-refractivity contribution is -0.132. The minimum absolute atomic E-state index is 0.262. The van der Waals surface area contributed by atoms with Crippen LogP contribution in [0.4, 0.5) is 0 Å². The van der Waals surface area contributed by atoms with Gasteiger partial charge in [-0.15, -0.1) is 0 Å². The first-order valence-electron chi connectivity index (χ1n) is 4.49. The minimum Gasteiger partial charge on any atom is -0.340 e. The van der Waals surface area contributed by atoms with Crippen molar-refractivity contribution in [1.82, 2.24) is 9.80 Å². The number of carbonyl (C=O) groups is 1. The van der Waals surface area contributed by atoms with Crippen LogP contribution in [-0.2, 0) is 4.79 Å². The Morgan fingerprint density at radius 2 is 1.92 bits per heavy atom. The quantitative estimate of drug-likeness (QED) is 0.596. The summed E-state index contributed by atoms with van der Waals surface area (Å²) in [7, 11) is 2.09. The van der Waals surface area contributed by atoms with Crippen LogP contribution in [0.5, 0.6) is 0 Å². The Hall–Kier alpha value is -0.570. The number of piperazine rings is 1. The van der Waals surface area contributed by atoms with E-state index in [0.717, 1.165) is 26.2 Å². The van der Waals surface area contributed by atoms with Crippen molar-refractivity contribution in [3.8, 4) is 0 Å². The molecule has 0 bridgehead atoms. The average molecular weight is 169 g/mol. The van der Waals surface area contributed by atoms with Gasteiger partial charge in [0.25, 0.3) is 0 Å². The van der Waals surface area contributed by atoms with Crippen LogP contribution in [0.1, 0.15) is 12.8 Å². The van der Waals surface area contributed by atoms with Crippen molar-refractivity contribution in [2.24, 2.45) is 0 Å². The molecule has 1 fully saturated rings. The first-order chi connectivity index (χ1) is 5.74. The first kappa shape index (κ1) is 9.52. The summed E-state index contributed by atoms with van der Waals surface area (Å²) in [4.78, 5) is 15.6. The number of amides is 1. The number of carbonyl (C=O) groups excluding carboxylic acids is 1. The number of hydrogen-bond acceptors (Lipinski definition) is 2. The van der Waals surface area contributed by atoms with Crippen LogP contribution in [-0.4, -0.2) is 48.9 Å². The van der Waals surface area contributed by atoms with Gasteiger partial charge in [-0.2, -0.15) is 0 Å². The van der Waals surface area contributed by atoms with Crippen molar-refractivity contribution in [2.45, 2.75) is 12.8 Å². The average Bonchev–Trinajstić information content (AvgIpc) is 2.06. The molecule has 0 aromatic heterocycles. The number of likely N-dealkylation sites (N-methyl/N-ethyl adjacent to an activating group) is 1. The van der Waals surface area contributed by atoms with Gasteiger partial charge in [0.2, 0.25) is 5.91 Å². The van der Waals surface area contributed by atoms with E-state index in [1.807, 2.05) is 4.90 Å². The summed E-state index contributed by atoms with van der Waals surface area (Å²) in [5.74, 6) is 0.262. The lowest BCUT2D eigenvalue weighted by Gasteiger charge is -2.32. The molecule has 0 saturated carbocycles. The molecule has 1 rings (SSSR count). The van der Waals surface area contributed by atoms with Crippen LogP contribution in [0.2, 0.25) is 0 Å². The fraction of sp³-hybridized carbons (Fsp3) is 0.778. The molecule has 0 N–H and O–H groups in total. The van der Waals surface area contributed by atoms with E-state index >= 15 is 0 Å². The fourth-order valence-electron chi connectivity index (χ4n) is 1.37. The van der Waals surface area contributed by atoms with Gasteiger partial charge >= 0.3 is 0 Å². The van der Waals surface area contributed by atoms with Crippen LogP contribution < -0.4 is 0 Å². The highest BCUT2D eigenvalue weighted by molar-refractivity contribution is 5.76. The standard InChI is InChI=1S/C9H17N2O/c1-3-4-9(12)11-7-5-10(2)6-8-11/h1,3-8H2,2H3. The maximum absolute atomic E-state index is 11.4. The topological polar surface area (TPSA) is 23.6 Å². The molecule has 0 spiro atoms. The SMILES string of the molecule is [CH2]CCC(=O)N1CCN(C)CC1. The Labute approximate surface area is 74.3 Å². The zero-order valence-electron chi connectivity index (χ0n) is 7.75. The van der Waals surface area contributed by atoms with E-state index in [4.69, 9.17) is 0 Å². The molecule has 0 unspecified atom stereocenters. The molecule has 0 aliphatic carbocycles. The molecule has 0 aromatic carbocycles. The van der Waals surface area contributed by atoms with E-state index in [1.165, 1.54) is 0 Å². The number of hydrogen-bond donors (Lipinski definition) is 0. The molecular formula is C9H17N2O. The van der Waals surface area contributed by atoms with Crippen LogP contribution in [0.15, 0.2) is 0 Å². The third kappa shape index (κ3) is 2.48. The van der Waals surface area contributed by atoms with E-state index < -0.39 is 0 Å². The van der Waals surface area contributed by atoms with Crippen molar-refractivity contribution in [3.63, 3.8) is 0 Å². The van der Waals surface area contributed by atoms with Gasteiger partial charge in [0.1, 0.15) is 0 Å². The molecule has 3 nitrogen and oxygen atoms in total. The molecule has 3 heteroatoms. The molecule has 1 aliphatic heterocycles. The third-order valence-electron chi connectivity index (χ3n) is 2.25. The molecule has 1 amide bonds. The molecule has 1 saturated heterocycles. The van der Waals surface area contributed by atoms with Crippen molar-refractivity contribution >= 4 is 5.91 Å². The summed E-state index contributed by atoms with van der Waals surface area (Å²) in [6, 6.07) is 0. The smallest absolute Gasteiger partial charge is 0.222 e. The van der Waals surface area contributed by atoms with Crippen LogP contribution in [0.25, 0.3) is 0 Å². The van der Waals surface area contributed by atoms with Crippen molar-refractivity contribution in [3.05, 3.63) is 6.92 Å². The minimum atomic E-state index is 0.262. The van der Waals surface area contributed by atoms with Gasteiger partial charge in [-0.05, 0) is 13.5 Å². The molecule has 69 valence electrons. The van der Waals surface area contributed by atoms with Crippen molar-refractivity contribution in [2.75, 3.05) is 33.2 Å². The Morgan fingerprint density at radius 1 is 1.33 bits per heavy atom. The van der Waals surface area contributed by atoms with Crippen LogP contribution in [0.3, 0.4) is 0 Å². The zero-order chi connectivity index (χ0) is 8.97. The normalized spacial score (nSPS) is 19.7. The van der Waals surface area contributed by atoms with Gasteiger partial charge < -0.3 is 9.80 Å². The highest BCUT2D eigenvalue weighted by Gasteiger charge is 2.17. The molecular weight excluding hydrogens is 152 g/mol. The first-order valence-corrected chi connectivity index (χ1v) is 4.49. The second-order valence-corrected chi connectivity index (χ2v) is 3.29. The maximum Gasteiger partial charge on any atom is 0.222 e. The van der Waals surface area contributed by atoms with Gasteiger partial charge in [-0.25, -0.2) is 0 Å². The van der Waals surface area contributed by atoms with E-state index in [-0.39, 0.29) is 5.91 Å². The predicted octanol–water partition coefficient (Wildman–Crippen LogP) is 0.375. The highest BCUT2D eigenvalue weighted by Crippen LogP contribution is 2.02. The fourth-order valence-corrected chi connectivity index (χ4v) is 1.37. The molecule has 0 atom stereocenters. The molecule has 1 radical (unpaired) electrons. The second-order valence-electron chi connectivity index (χ2n) is 3.29. The summed E-state index contributed by atoms with van der Waals surface area (Å²) in [6.45, 7) is 7.45. The van der Waals surface area contributed by atoms with Gasteiger partial charge in [0.15, 0.2) is 0 Å². The summed E-state index contributed by atoms with van der Waals surface area (Å²) >= 11 is 0. The zero-order valence-corrected chi connectivity index (χ0v) is 7.75. The lowest BCUT2D eigenvalue weighted by atomic mass is 10.2. The highest BCUT2D eigenvalue weighted by atomic mass is 16.2. The number of nitrogens with zero attached hydrogens (tertiary/aromatic N) is 2. The van der Waals surface area contributed by atoms with E-state index in [9.17, 15) is 4.79 Å². The van der Waals surface area contributed by atoms with Crippen molar-refractivity contribution in [1.29, 1.82) is 0 Å².